The van der Waals surface area contributed by atoms with Crippen LogP contribution in [0.4, 0.5) is 0 Å². The number of carboxylic acids is 1. The van der Waals surface area contributed by atoms with Crippen LogP contribution in [0.1, 0.15) is 17.3 Å². The van der Waals surface area contributed by atoms with Crippen molar-refractivity contribution in [2.45, 2.75) is 13.0 Å². The largest absolute Gasteiger partial charge is 0.480 e. The third-order valence-corrected chi connectivity index (χ3v) is 3.72. The summed E-state index contributed by atoms with van der Waals surface area (Å²) in [5.41, 5.74) is 0.516. The fourth-order valence-corrected chi connectivity index (χ4v) is 2.59. The van der Waals surface area contributed by atoms with Crippen LogP contribution in [0, 0.1) is 0 Å². The van der Waals surface area contributed by atoms with Crippen LogP contribution in [-0.4, -0.2) is 23.0 Å². The lowest BCUT2D eigenvalue weighted by molar-refractivity contribution is -0.138. The van der Waals surface area contributed by atoms with Gasteiger partial charge in [-0.25, -0.2) is 0 Å². The zero-order valence-electron chi connectivity index (χ0n) is 12.0. The average molecular weight is 293 g/mol. The van der Waals surface area contributed by atoms with E-state index < -0.39 is 12.0 Å². The lowest BCUT2D eigenvalue weighted by Crippen LogP contribution is -2.38. The van der Waals surface area contributed by atoms with Gasteiger partial charge in [0, 0.05) is 0 Å². The highest BCUT2D eigenvalue weighted by atomic mass is 16.4. The Morgan fingerprint density at radius 3 is 1.95 bits per heavy atom. The van der Waals surface area contributed by atoms with E-state index in [4.69, 9.17) is 5.11 Å². The number of rotatable bonds is 3. The van der Waals surface area contributed by atoms with E-state index in [-0.39, 0.29) is 5.91 Å². The van der Waals surface area contributed by atoms with Crippen molar-refractivity contribution in [3.05, 3.63) is 60.2 Å². The van der Waals surface area contributed by atoms with Gasteiger partial charge in [-0.2, -0.15) is 0 Å². The maximum absolute atomic E-state index is 12.6. The predicted molar refractivity (Wildman–Crippen MR) is 86.0 cm³/mol. The molecule has 0 radical (unpaired) electrons. The van der Waals surface area contributed by atoms with E-state index in [1.54, 1.807) is 0 Å². The van der Waals surface area contributed by atoms with Gasteiger partial charge in [-0.1, -0.05) is 48.5 Å². The van der Waals surface area contributed by atoms with Crippen LogP contribution in [-0.2, 0) is 4.79 Å². The van der Waals surface area contributed by atoms with Gasteiger partial charge >= 0.3 is 5.97 Å². The zero-order valence-corrected chi connectivity index (χ0v) is 12.0. The molecule has 0 unspecified atom stereocenters. The molecular weight excluding hydrogens is 278 g/mol. The first-order valence-corrected chi connectivity index (χ1v) is 7.02. The Kier molecular flexibility index (Phi) is 3.51. The van der Waals surface area contributed by atoms with Gasteiger partial charge in [-0.3, -0.25) is 9.59 Å². The number of hydrogen-bond acceptors (Lipinski definition) is 2. The number of nitrogens with one attached hydrogen (secondary N) is 1. The monoisotopic (exact) mass is 293 g/mol. The first-order valence-electron chi connectivity index (χ1n) is 7.02. The maximum Gasteiger partial charge on any atom is 0.325 e. The lowest BCUT2D eigenvalue weighted by atomic mass is 9.96. The van der Waals surface area contributed by atoms with Crippen LogP contribution >= 0.6 is 0 Å². The molecule has 0 spiro atoms. The summed E-state index contributed by atoms with van der Waals surface area (Å²) in [4.78, 5) is 23.6. The number of aliphatic carboxylic acids is 1. The molecular formula is C18H15NO3. The van der Waals surface area contributed by atoms with E-state index >= 15 is 0 Å². The molecule has 3 aromatic rings. The average Bonchev–Trinajstić information content (AvgIpc) is 2.52. The molecule has 4 nitrogen and oxygen atoms in total. The van der Waals surface area contributed by atoms with E-state index in [9.17, 15) is 9.59 Å². The Bertz CT molecular complexity index is 832. The summed E-state index contributed by atoms with van der Waals surface area (Å²) in [7, 11) is 0. The molecule has 0 aromatic heterocycles. The Labute approximate surface area is 127 Å². The number of carboxylic acid groups (broad SMARTS) is 1. The molecule has 0 aliphatic carbocycles. The van der Waals surface area contributed by atoms with Crippen molar-refractivity contribution >= 4 is 33.4 Å². The predicted octanol–water partition coefficient (Wildman–Crippen LogP) is 3.20. The summed E-state index contributed by atoms with van der Waals surface area (Å²) in [6.07, 6.45) is 0. The Balaban J connectivity index is 2.24. The zero-order chi connectivity index (χ0) is 15.7. The van der Waals surface area contributed by atoms with Gasteiger partial charge in [0.1, 0.15) is 6.04 Å². The second kappa shape index (κ2) is 5.48. The number of fused-ring (bicyclic) bond motifs is 2. The van der Waals surface area contributed by atoms with Crippen LogP contribution in [0.25, 0.3) is 21.5 Å². The number of carbonyl (C=O) groups is 2. The minimum Gasteiger partial charge on any atom is -0.480 e. The standard InChI is InChI=1S/C18H15NO3/c1-11(18(21)22)19-17(20)16-14-8-4-2-6-12(14)10-13-7-3-5-9-15(13)16/h2-11H,1H3,(H,19,20)(H,21,22)/t11-/m0/s1. The molecule has 0 aliphatic heterocycles. The van der Waals surface area contributed by atoms with E-state index in [1.165, 1.54) is 6.92 Å². The SMILES string of the molecule is C[C@H](NC(=O)c1c2ccccc2cc2ccccc12)C(=O)O. The van der Waals surface area contributed by atoms with Gasteiger partial charge in [0.15, 0.2) is 0 Å². The molecule has 0 heterocycles. The first kappa shape index (κ1) is 14.1. The molecule has 3 rings (SSSR count). The normalized spacial score (nSPS) is 12.2. The fourth-order valence-electron chi connectivity index (χ4n) is 2.59. The summed E-state index contributed by atoms with van der Waals surface area (Å²) in [5.74, 6) is -1.43. The third kappa shape index (κ3) is 2.39. The highest BCUT2D eigenvalue weighted by Gasteiger charge is 2.19. The molecule has 22 heavy (non-hydrogen) atoms. The molecule has 0 saturated heterocycles. The van der Waals surface area contributed by atoms with Gasteiger partial charge in [0.2, 0.25) is 0 Å². The van der Waals surface area contributed by atoms with Crippen LogP contribution in [0.3, 0.4) is 0 Å². The Morgan fingerprint density at radius 2 is 1.45 bits per heavy atom. The second-order valence-corrected chi connectivity index (χ2v) is 5.23. The van der Waals surface area contributed by atoms with Crippen LogP contribution in [0.5, 0.6) is 0 Å². The molecule has 0 saturated carbocycles. The number of benzene rings is 3. The van der Waals surface area contributed by atoms with Gasteiger partial charge in [0.05, 0.1) is 5.56 Å². The number of hydrogen-bond donors (Lipinski definition) is 2. The van der Waals surface area contributed by atoms with Crippen molar-refractivity contribution < 1.29 is 14.7 Å². The summed E-state index contributed by atoms with van der Waals surface area (Å²) in [5, 5.41) is 15.1. The van der Waals surface area contributed by atoms with Gasteiger partial charge in [-0.15, -0.1) is 0 Å². The minimum absolute atomic E-state index is 0.372. The quantitative estimate of drug-likeness (QED) is 0.729. The smallest absolute Gasteiger partial charge is 0.325 e. The Hall–Kier alpha value is -2.88. The van der Waals surface area contributed by atoms with Crippen molar-refractivity contribution in [2.24, 2.45) is 0 Å². The van der Waals surface area contributed by atoms with Gasteiger partial charge in [0.25, 0.3) is 5.91 Å². The van der Waals surface area contributed by atoms with Crippen molar-refractivity contribution in [3.63, 3.8) is 0 Å². The molecule has 1 amide bonds. The maximum atomic E-state index is 12.6. The summed E-state index contributed by atoms with van der Waals surface area (Å²) in [6, 6.07) is 16.3. The number of carbonyl (C=O) groups excluding carboxylic acids is 1. The van der Waals surface area contributed by atoms with Crippen LogP contribution in [0.2, 0.25) is 0 Å². The van der Waals surface area contributed by atoms with E-state index in [1.807, 2.05) is 54.6 Å². The third-order valence-electron chi connectivity index (χ3n) is 3.72. The number of amides is 1. The molecule has 0 aliphatic rings. The van der Waals surface area contributed by atoms with Crippen LogP contribution in [0.15, 0.2) is 54.6 Å². The van der Waals surface area contributed by atoms with E-state index in [0.717, 1.165) is 21.5 Å². The molecule has 2 N–H and O–H groups in total. The summed E-state index contributed by atoms with van der Waals surface area (Å²) >= 11 is 0. The highest BCUT2D eigenvalue weighted by Crippen LogP contribution is 2.28. The molecule has 1 atom stereocenters. The second-order valence-electron chi connectivity index (χ2n) is 5.23. The van der Waals surface area contributed by atoms with Crippen molar-refractivity contribution in [3.8, 4) is 0 Å². The summed E-state index contributed by atoms with van der Waals surface area (Å²) in [6.45, 7) is 1.45. The Morgan fingerprint density at radius 1 is 0.955 bits per heavy atom. The highest BCUT2D eigenvalue weighted by molar-refractivity contribution is 6.18. The lowest BCUT2D eigenvalue weighted by Gasteiger charge is -2.14. The summed E-state index contributed by atoms with van der Waals surface area (Å²) < 4.78 is 0. The van der Waals surface area contributed by atoms with Gasteiger partial charge in [-0.05, 0) is 34.5 Å². The van der Waals surface area contributed by atoms with Crippen molar-refractivity contribution in [2.75, 3.05) is 0 Å². The molecule has 0 fully saturated rings. The molecule has 3 aromatic carbocycles. The van der Waals surface area contributed by atoms with Gasteiger partial charge < -0.3 is 10.4 Å². The molecule has 4 heteroatoms. The van der Waals surface area contributed by atoms with Crippen molar-refractivity contribution in [1.29, 1.82) is 0 Å². The van der Waals surface area contributed by atoms with Crippen molar-refractivity contribution in [1.82, 2.24) is 5.32 Å². The topological polar surface area (TPSA) is 66.4 Å². The first-order chi connectivity index (χ1) is 10.6. The van der Waals surface area contributed by atoms with Crippen LogP contribution < -0.4 is 5.32 Å². The van der Waals surface area contributed by atoms with E-state index in [2.05, 4.69) is 5.32 Å². The molecule has 0 bridgehead atoms. The fraction of sp³-hybridized carbons (Fsp3) is 0.111. The van der Waals surface area contributed by atoms with E-state index in [0.29, 0.717) is 5.56 Å². The molecule has 110 valence electrons. The minimum atomic E-state index is -1.06.